The Kier molecular flexibility index (Phi) is 4.30. The van der Waals surface area contributed by atoms with Crippen molar-refractivity contribution in [1.82, 2.24) is 20.1 Å². The van der Waals surface area contributed by atoms with E-state index in [1.165, 1.54) is 5.56 Å². The van der Waals surface area contributed by atoms with Crippen LogP contribution in [0.1, 0.15) is 27.2 Å². The zero-order valence-corrected chi connectivity index (χ0v) is 13.7. The number of pyridine rings is 1. The van der Waals surface area contributed by atoms with Crippen molar-refractivity contribution in [2.45, 2.75) is 20.4 Å². The maximum Gasteiger partial charge on any atom is 0.252 e. The molecule has 1 N–H and O–H groups in total. The van der Waals surface area contributed by atoms with Crippen LogP contribution >= 0.6 is 0 Å². The molecule has 0 aliphatic carbocycles. The van der Waals surface area contributed by atoms with Crippen molar-refractivity contribution in [3.8, 4) is 12.3 Å². The number of terminal acetylenes is 1. The number of rotatable bonds is 4. The van der Waals surface area contributed by atoms with E-state index in [-0.39, 0.29) is 12.5 Å². The highest BCUT2D eigenvalue weighted by molar-refractivity contribution is 6.05. The van der Waals surface area contributed by atoms with Gasteiger partial charge in [-0.3, -0.25) is 4.79 Å². The number of fused-ring (bicyclic) bond motifs is 1. The quantitative estimate of drug-likeness (QED) is 0.752. The Balaban J connectivity index is 1.99. The van der Waals surface area contributed by atoms with E-state index in [1.54, 1.807) is 12.3 Å². The van der Waals surface area contributed by atoms with Gasteiger partial charge in [0.2, 0.25) is 0 Å². The highest BCUT2D eigenvalue weighted by Crippen LogP contribution is 2.19. The lowest BCUT2D eigenvalue weighted by molar-refractivity contribution is 0.0960. The Labute approximate surface area is 140 Å². The second-order valence-electron chi connectivity index (χ2n) is 5.72. The van der Waals surface area contributed by atoms with E-state index in [0.29, 0.717) is 17.8 Å². The predicted molar refractivity (Wildman–Crippen MR) is 93.7 cm³/mol. The average Bonchev–Trinajstić information content (AvgIpc) is 2.96. The summed E-state index contributed by atoms with van der Waals surface area (Å²) >= 11 is 0. The van der Waals surface area contributed by atoms with Gasteiger partial charge < -0.3 is 5.32 Å². The summed E-state index contributed by atoms with van der Waals surface area (Å²) < 4.78 is 1.81. The molecule has 1 amide bonds. The molecular weight excluding hydrogens is 300 g/mol. The van der Waals surface area contributed by atoms with Crippen LogP contribution in [0.5, 0.6) is 0 Å². The lowest BCUT2D eigenvalue weighted by atomic mass is 10.1. The number of carbonyl (C=O) groups is 1. The summed E-state index contributed by atoms with van der Waals surface area (Å²) in [5.41, 5.74) is 4.35. The molecule has 2 aromatic heterocycles. The molecule has 24 heavy (non-hydrogen) atoms. The molecule has 0 atom stereocenters. The Hall–Kier alpha value is -3.13. The van der Waals surface area contributed by atoms with Crippen molar-refractivity contribution >= 4 is 16.9 Å². The third-order valence-electron chi connectivity index (χ3n) is 3.79. The predicted octanol–water partition coefficient (Wildman–Crippen LogP) is 2.46. The Morgan fingerprint density at radius 2 is 2.04 bits per heavy atom. The normalized spacial score (nSPS) is 10.5. The molecular formula is C19H18N4O. The number of amides is 1. The van der Waals surface area contributed by atoms with Crippen LogP contribution in [0.15, 0.2) is 36.5 Å². The van der Waals surface area contributed by atoms with E-state index in [0.717, 1.165) is 16.6 Å². The molecule has 0 aliphatic rings. The summed E-state index contributed by atoms with van der Waals surface area (Å²) in [5.74, 6) is 2.20. The van der Waals surface area contributed by atoms with E-state index in [4.69, 9.17) is 6.42 Å². The number of aromatic nitrogens is 3. The molecule has 1 aromatic carbocycles. The van der Waals surface area contributed by atoms with Gasteiger partial charge in [0.15, 0.2) is 5.65 Å². The third-order valence-corrected chi connectivity index (χ3v) is 3.79. The van der Waals surface area contributed by atoms with Crippen LogP contribution in [-0.4, -0.2) is 27.2 Å². The number of benzene rings is 1. The average molecular weight is 318 g/mol. The minimum Gasteiger partial charge on any atom is -0.341 e. The molecule has 0 aliphatic heterocycles. The Bertz CT molecular complexity index is 932. The fraction of sp³-hybridized carbons (Fsp3) is 0.211. The highest BCUT2D eigenvalue weighted by Gasteiger charge is 2.15. The van der Waals surface area contributed by atoms with Gasteiger partial charge in [0.25, 0.3) is 5.91 Å². The van der Waals surface area contributed by atoms with Crippen molar-refractivity contribution < 1.29 is 4.79 Å². The molecule has 120 valence electrons. The van der Waals surface area contributed by atoms with Gasteiger partial charge in [-0.15, -0.1) is 6.42 Å². The molecule has 0 radical (unpaired) electrons. The molecule has 3 aromatic rings. The van der Waals surface area contributed by atoms with E-state index in [1.807, 2.05) is 11.6 Å². The molecule has 2 heterocycles. The molecule has 0 spiro atoms. The maximum absolute atomic E-state index is 12.3. The lowest BCUT2D eigenvalue weighted by Gasteiger charge is -2.07. The number of nitrogens with zero attached hydrogens (tertiary/aromatic N) is 3. The smallest absolute Gasteiger partial charge is 0.252 e. The molecule has 5 heteroatoms. The van der Waals surface area contributed by atoms with E-state index < -0.39 is 0 Å². The van der Waals surface area contributed by atoms with Crippen LogP contribution in [-0.2, 0) is 6.54 Å². The topological polar surface area (TPSA) is 59.8 Å². The largest absolute Gasteiger partial charge is 0.341 e. The van der Waals surface area contributed by atoms with Crippen molar-refractivity contribution in [3.63, 3.8) is 0 Å². The first-order valence-corrected chi connectivity index (χ1v) is 7.69. The Morgan fingerprint density at radius 3 is 2.75 bits per heavy atom. The second-order valence-corrected chi connectivity index (χ2v) is 5.72. The first-order valence-electron chi connectivity index (χ1n) is 7.69. The van der Waals surface area contributed by atoms with Gasteiger partial charge in [-0.25, -0.2) is 9.67 Å². The standard InChI is InChI=1S/C19H18N4O/c1-4-9-20-19(24)16-10-14(3)22-18-17(16)11-21-23(18)12-15-7-5-13(2)6-8-15/h1,5-8,10-11H,9,12H2,2-3H3,(H,20,24). The van der Waals surface area contributed by atoms with E-state index in [2.05, 4.69) is 52.5 Å². The fourth-order valence-electron chi connectivity index (χ4n) is 2.57. The van der Waals surface area contributed by atoms with Crippen molar-refractivity contribution in [1.29, 1.82) is 0 Å². The van der Waals surface area contributed by atoms with Crippen molar-refractivity contribution in [2.75, 3.05) is 6.54 Å². The number of carbonyl (C=O) groups excluding carboxylic acids is 1. The SMILES string of the molecule is C#CCNC(=O)c1cc(C)nc2c1cnn2Cc1ccc(C)cc1. The van der Waals surface area contributed by atoms with E-state index >= 15 is 0 Å². The number of nitrogens with one attached hydrogen (secondary N) is 1. The number of hydrogen-bond acceptors (Lipinski definition) is 3. The van der Waals surface area contributed by atoms with Gasteiger partial charge in [-0.05, 0) is 25.5 Å². The minimum absolute atomic E-state index is 0.194. The number of aryl methyl sites for hydroxylation is 2. The molecule has 0 bridgehead atoms. The second kappa shape index (κ2) is 6.55. The van der Waals surface area contributed by atoms with Crippen LogP contribution in [0.2, 0.25) is 0 Å². The zero-order chi connectivity index (χ0) is 17.1. The first kappa shape index (κ1) is 15.8. The van der Waals surface area contributed by atoms with Crippen LogP contribution < -0.4 is 5.32 Å². The van der Waals surface area contributed by atoms with Gasteiger partial charge in [0.05, 0.1) is 30.2 Å². The van der Waals surface area contributed by atoms with Crippen molar-refractivity contribution in [2.24, 2.45) is 0 Å². The molecule has 5 nitrogen and oxygen atoms in total. The van der Waals surface area contributed by atoms with Crippen molar-refractivity contribution in [3.05, 3.63) is 58.9 Å². The highest BCUT2D eigenvalue weighted by atomic mass is 16.1. The van der Waals surface area contributed by atoms with Gasteiger partial charge in [0, 0.05) is 5.69 Å². The van der Waals surface area contributed by atoms with Crippen LogP contribution in [0, 0.1) is 26.2 Å². The van der Waals surface area contributed by atoms with E-state index in [9.17, 15) is 4.79 Å². The summed E-state index contributed by atoms with van der Waals surface area (Å²) in [5, 5.41) is 7.83. The van der Waals surface area contributed by atoms with Gasteiger partial charge >= 0.3 is 0 Å². The molecule has 0 saturated carbocycles. The number of hydrogen-bond donors (Lipinski definition) is 1. The fourth-order valence-corrected chi connectivity index (χ4v) is 2.57. The first-order chi connectivity index (χ1) is 11.6. The summed E-state index contributed by atoms with van der Waals surface area (Å²) in [7, 11) is 0. The molecule has 0 saturated heterocycles. The monoisotopic (exact) mass is 318 g/mol. The van der Waals surface area contributed by atoms with Crippen LogP contribution in [0.25, 0.3) is 11.0 Å². The van der Waals surface area contributed by atoms with Gasteiger partial charge in [-0.2, -0.15) is 5.10 Å². The van der Waals surface area contributed by atoms with Crippen LogP contribution in [0.4, 0.5) is 0 Å². The minimum atomic E-state index is -0.210. The third kappa shape index (κ3) is 3.13. The summed E-state index contributed by atoms with van der Waals surface area (Å²) in [6.07, 6.45) is 6.89. The van der Waals surface area contributed by atoms with Gasteiger partial charge in [-0.1, -0.05) is 35.7 Å². The zero-order valence-electron chi connectivity index (χ0n) is 13.7. The Morgan fingerprint density at radius 1 is 1.29 bits per heavy atom. The maximum atomic E-state index is 12.3. The lowest BCUT2D eigenvalue weighted by Crippen LogP contribution is -2.24. The summed E-state index contributed by atoms with van der Waals surface area (Å²) in [6, 6.07) is 10.0. The summed E-state index contributed by atoms with van der Waals surface area (Å²) in [4.78, 5) is 16.9. The molecule has 3 rings (SSSR count). The summed E-state index contributed by atoms with van der Waals surface area (Å²) in [6.45, 7) is 4.71. The van der Waals surface area contributed by atoms with Crippen LogP contribution in [0.3, 0.4) is 0 Å². The molecule has 0 fully saturated rings. The molecule has 0 unspecified atom stereocenters. The van der Waals surface area contributed by atoms with Gasteiger partial charge in [0.1, 0.15) is 0 Å².